The number of hydrogen-bond acceptors (Lipinski definition) is 1. The van der Waals surface area contributed by atoms with Crippen molar-refractivity contribution >= 4 is 5.91 Å². The van der Waals surface area contributed by atoms with E-state index in [-0.39, 0.29) is 5.92 Å². The highest BCUT2D eigenvalue weighted by Crippen LogP contribution is 2.21. The number of likely N-dealkylation sites (tertiary alicyclic amines) is 1. The quantitative estimate of drug-likeness (QED) is 0.611. The Morgan fingerprint density at radius 1 is 1.62 bits per heavy atom. The number of rotatable bonds is 3. The average Bonchev–Trinajstić information content (AvgIpc) is 2.28. The zero-order valence-corrected chi connectivity index (χ0v) is 8.46. The molecule has 1 unspecified atom stereocenters. The third-order valence-electron chi connectivity index (χ3n) is 2.74. The van der Waals surface area contributed by atoms with Crippen LogP contribution in [0.25, 0.3) is 0 Å². The van der Waals surface area contributed by atoms with E-state index < -0.39 is 0 Å². The van der Waals surface area contributed by atoms with Gasteiger partial charge < -0.3 is 4.90 Å². The minimum atomic E-state index is 0.255. The van der Waals surface area contributed by atoms with Crippen molar-refractivity contribution in [3.8, 4) is 0 Å². The number of amides is 1. The second-order valence-corrected chi connectivity index (χ2v) is 3.82. The Kier molecular flexibility index (Phi) is 4.00. The summed E-state index contributed by atoms with van der Waals surface area (Å²) < 4.78 is 0. The normalized spacial score (nSPS) is 24.2. The average molecular weight is 181 g/mol. The summed E-state index contributed by atoms with van der Waals surface area (Å²) in [6, 6.07) is 0. The standard InChI is InChI=1S/C11H19NO/c1-3-4-7-10-8-5-6-9-12(2)11(10)13/h3,10H,1,4-9H2,2H3. The van der Waals surface area contributed by atoms with E-state index >= 15 is 0 Å². The summed E-state index contributed by atoms with van der Waals surface area (Å²) in [6.45, 7) is 4.62. The van der Waals surface area contributed by atoms with E-state index in [0.29, 0.717) is 5.91 Å². The van der Waals surface area contributed by atoms with Crippen LogP contribution >= 0.6 is 0 Å². The van der Waals surface area contributed by atoms with Gasteiger partial charge in [0.2, 0.25) is 5.91 Å². The fraction of sp³-hybridized carbons (Fsp3) is 0.727. The molecule has 74 valence electrons. The molecule has 1 fully saturated rings. The van der Waals surface area contributed by atoms with Crippen LogP contribution in [0.15, 0.2) is 12.7 Å². The van der Waals surface area contributed by atoms with E-state index in [1.165, 1.54) is 6.42 Å². The van der Waals surface area contributed by atoms with Crippen molar-refractivity contribution in [3.63, 3.8) is 0 Å². The first-order valence-corrected chi connectivity index (χ1v) is 5.11. The van der Waals surface area contributed by atoms with Gasteiger partial charge in [-0.3, -0.25) is 4.79 Å². The highest BCUT2D eigenvalue weighted by Gasteiger charge is 2.23. The number of hydrogen-bond donors (Lipinski definition) is 0. The summed E-state index contributed by atoms with van der Waals surface area (Å²) in [6.07, 6.45) is 7.26. The molecule has 1 saturated heterocycles. The zero-order chi connectivity index (χ0) is 9.68. The van der Waals surface area contributed by atoms with Gasteiger partial charge in [-0.25, -0.2) is 0 Å². The summed E-state index contributed by atoms with van der Waals surface area (Å²) in [5.74, 6) is 0.588. The van der Waals surface area contributed by atoms with Crippen LogP contribution in [-0.2, 0) is 4.79 Å². The van der Waals surface area contributed by atoms with E-state index in [2.05, 4.69) is 6.58 Å². The van der Waals surface area contributed by atoms with Crippen LogP contribution in [0.5, 0.6) is 0 Å². The van der Waals surface area contributed by atoms with Crippen molar-refractivity contribution < 1.29 is 4.79 Å². The van der Waals surface area contributed by atoms with Crippen LogP contribution in [0.3, 0.4) is 0 Å². The molecule has 0 N–H and O–H groups in total. The molecule has 2 heteroatoms. The highest BCUT2D eigenvalue weighted by molar-refractivity contribution is 5.78. The molecule has 0 spiro atoms. The Labute approximate surface area is 80.6 Å². The molecule has 1 aliphatic heterocycles. The molecule has 1 atom stereocenters. The lowest BCUT2D eigenvalue weighted by atomic mass is 9.97. The molecule has 0 saturated carbocycles. The highest BCUT2D eigenvalue weighted by atomic mass is 16.2. The molecular weight excluding hydrogens is 162 g/mol. The van der Waals surface area contributed by atoms with Gasteiger partial charge in [-0.05, 0) is 25.7 Å². The van der Waals surface area contributed by atoms with E-state index in [9.17, 15) is 4.79 Å². The first kappa shape index (κ1) is 10.3. The molecule has 1 rings (SSSR count). The summed E-state index contributed by atoms with van der Waals surface area (Å²) in [7, 11) is 1.91. The first-order chi connectivity index (χ1) is 6.25. The molecule has 1 aliphatic rings. The molecule has 0 bridgehead atoms. The third-order valence-corrected chi connectivity index (χ3v) is 2.74. The molecule has 0 aromatic carbocycles. The smallest absolute Gasteiger partial charge is 0.225 e. The SMILES string of the molecule is C=CCCC1CCCCN(C)C1=O. The van der Waals surface area contributed by atoms with Crippen molar-refractivity contribution in [1.82, 2.24) is 4.90 Å². The van der Waals surface area contributed by atoms with Gasteiger partial charge in [-0.1, -0.05) is 12.5 Å². The third kappa shape index (κ3) is 2.87. The molecule has 1 amide bonds. The fourth-order valence-corrected chi connectivity index (χ4v) is 1.87. The van der Waals surface area contributed by atoms with Crippen molar-refractivity contribution in [2.45, 2.75) is 32.1 Å². The van der Waals surface area contributed by atoms with E-state index in [1.807, 2.05) is 18.0 Å². The lowest BCUT2D eigenvalue weighted by molar-refractivity contribution is -0.133. The monoisotopic (exact) mass is 181 g/mol. The maximum Gasteiger partial charge on any atom is 0.225 e. The van der Waals surface area contributed by atoms with Gasteiger partial charge in [-0.15, -0.1) is 6.58 Å². The van der Waals surface area contributed by atoms with Crippen LogP contribution in [-0.4, -0.2) is 24.4 Å². The minimum absolute atomic E-state index is 0.255. The minimum Gasteiger partial charge on any atom is -0.346 e. The molecule has 2 nitrogen and oxygen atoms in total. The number of nitrogens with zero attached hydrogens (tertiary/aromatic N) is 1. The van der Waals surface area contributed by atoms with Crippen molar-refractivity contribution in [3.05, 3.63) is 12.7 Å². The van der Waals surface area contributed by atoms with Gasteiger partial charge in [0.25, 0.3) is 0 Å². The summed E-state index contributed by atoms with van der Waals surface area (Å²) in [4.78, 5) is 13.6. The second kappa shape index (κ2) is 5.05. The van der Waals surface area contributed by atoms with Crippen molar-refractivity contribution in [2.75, 3.05) is 13.6 Å². The van der Waals surface area contributed by atoms with Gasteiger partial charge in [0.05, 0.1) is 0 Å². The van der Waals surface area contributed by atoms with E-state index in [0.717, 1.165) is 32.2 Å². The van der Waals surface area contributed by atoms with Gasteiger partial charge in [0, 0.05) is 19.5 Å². The molecule has 0 aliphatic carbocycles. The summed E-state index contributed by atoms with van der Waals surface area (Å²) in [5, 5.41) is 0. The Bertz CT molecular complexity index is 189. The predicted molar refractivity (Wildman–Crippen MR) is 54.4 cm³/mol. The van der Waals surface area contributed by atoms with Crippen LogP contribution in [0.4, 0.5) is 0 Å². The first-order valence-electron chi connectivity index (χ1n) is 5.11. The molecule has 0 radical (unpaired) electrons. The van der Waals surface area contributed by atoms with E-state index in [4.69, 9.17) is 0 Å². The molecule has 13 heavy (non-hydrogen) atoms. The topological polar surface area (TPSA) is 20.3 Å². The molecule has 0 aromatic rings. The van der Waals surface area contributed by atoms with Crippen molar-refractivity contribution in [2.24, 2.45) is 5.92 Å². The Morgan fingerprint density at radius 2 is 2.38 bits per heavy atom. The maximum atomic E-state index is 11.7. The predicted octanol–water partition coefficient (Wildman–Crippen LogP) is 2.21. The van der Waals surface area contributed by atoms with E-state index in [1.54, 1.807) is 0 Å². The Balaban J connectivity index is 2.48. The second-order valence-electron chi connectivity index (χ2n) is 3.82. The molecule has 0 aromatic heterocycles. The van der Waals surface area contributed by atoms with Crippen LogP contribution in [0.1, 0.15) is 32.1 Å². The van der Waals surface area contributed by atoms with Gasteiger partial charge in [0.15, 0.2) is 0 Å². The van der Waals surface area contributed by atoms with Crippen molar-refractivity contribution in [1.29, 1.82) is 0 Å². The lowest BCUT2D eigenvalue weighted by Crippen LogP contribution is -2.31. The fourth-order valence-electron chi connectivity index (χ4n) is 1.87. The number of allylic oxidation sites excluding steroid dienone is 1. The lowest BCUT2D eigenvalue weighted by Gasteiger charge is -2.19. The van der Waals surface area contributed by atoms with Gasteiger partial charge >= 0.3 is 0 Å². The van der Waals surface area contributed by atoms with Crippen LogP contribution in [0, 0.1) is 5.92 Å². The number of carbonyl (C=O) groups is 1. The number of carbonyl (C=O) groups excluding carboxylic acids is 1. The Hall–Kier alpha value is -0.790. The largest absolute Gasteiger partial charge is 0.346 e. The maximum absolute atomic E-state index is 11.7. The molecular formula is C11H19NO. The summed E-state index contributed by atoms with van der Waals surface area (Å²) in [5.41, 5.74) is 0. The Morgan fingerprint density at radius 3 is 3.08 bits per heavy atom. The summed E-state index contributed by atoms with van der Waals surface area (Å²) >= 11 is 0. The van der Waals surface area contributed by atoms with Gasteiger partial charge in [0.1, 0.15) is 0 Å². The molecule has 1 heterocycles. The van der Waals surface area contributed by atoms with Gasteiger partial charge in [-0.2, -0.15) is 0 Å². The van der Waals surface area contributed by atoms with Crippen LogP contribution in [0.2, 0.25) is 0 Å². The zero-order valence-electron chi connectivity index (χ0n) is 8.46. The van der Waals surface area contributed by atoms with Crippen LogP contribution < -0.4 is 0 Å².